The lowest BCUT2D eigenvalue weighted by Crippen LogP contribution is -2.33. The fourth-order valence-corrected chi connectivity index (χ4v) is 1.85. The predicted molar refractivity (Wildman–Crippen MR) is 79.4 cm³/mol. The lowest BCUT2D eigenvalue weighted by Gasteiger charge is -2.12. The number of aromatic nitrogens is 2. The molecule has 1 amide bonds. The van der Waals surface area contributed by atoms with Gasteiger partial charge in [-0.1, -0.05) is 6.92 Å². The molecule has 1 saturated carbocycles. The maximum absolute atomic E-state index is 11.6. The zero-order chi connectivity index (χ0) is 14.5. The summed E-state index contributed by atoms with van der Waals surface area (Å²) >= 11 is 0. The van der Waals surface area contributed by atoms with E-state index >= 15 is 0 Å². The van der Waals surface area contributed by atoms with Crippen LogP contribution in [0.1, 0.15) is 51.3 Å². The second-order valence-electron chi connectivity index (χ2n) is 5.36. The third-order valence-electron chi connectivity index (χ3n) is 3.38. The van der Waals surface area contributed by atoms with E-state index in [0.717, 1.165) is 25.1 Å². The second-order valence-corrected chi connectivity index (χ2v) is 5.36. The molecule has 0 bridgehead atoms. The van der Waals surface area contributed by atoms with Crippen LogP contribution >= 0.6 is 0 Å². The average Bonchev–Trinajstić information content (AvgIpc) is 3.22. The minimum atomic E-state index is 0.0521. The molecular formula is C14H23N5O. The number of nitrogen functional groups attached to an aromatic ring is 1. The summed E-state index contributed by atoms with van der Waals surface area (Å²) < 4.78 is 0. The Morgan fingerprint density at radius 1 is 1.50 bits per heavy atom. The van der Waals surface area contributed by atoms with Crippen molar-refractivity contribution in [1.29, 1.82) is 0 Å². The van der Waals surface area contributed by atoms with Gasteiger partial charge in [-0.05, 0) is 26.2 Å². The average molecular weight is 277 g/mol. The molecule has 0 aromatic carbocycles. The number of amides is 1. The van der Waals surface area contributed by atoms with E-state index in [0.29, 0.717) is 30.5 Å². The van der Waals surface area contributed by atoms with E-state index < -0.39 is 0 Å². The Labute approximate surface area is 119 Å². The van der Waals surface area contributed by atoms with Crippen molar-refractivity contribution in [2.75, 3.05) is 17.6 Å². The fourth-order valence-electron chi connectivity index (χ4n) is 1.85. The Hall–Kier alpha value is -1.85. The molecular weight excluding hydrogens is 254 g/mol. The molecule has 1 fully saturated rings. The lowest BCUT2D eigenvalue weighted by molar-refractivity contribution is -0.121. The number of hydrogen-bond donors (Lipinski definition) is 3. The first-order valence-electron chi connectivity index (χ1n) is 7.26. The van der Waals surface area contributed by atoms with E-state index in [4.69, 9.17) is 5.73 Å². The van der Waals surface area contributed by atoms with Crippen LogP contribution in [0.25, 0.3) is 0 Å². The summed E-state index contributed by atoms with van der Waals surface area (Å²) in [5.74, 6) is 2.52. The summed E-state index contributed by atoms with van der Waals surface area (Å²) in [6, 6.07) is 1.93. The van der Waals surface area contributed by atoms with Gasteiger partial charge in [0.1, 0.15) is 17.5 Å². The van der Waals surface area contributed by atoms with Crippen molar-refractivity contribution in [2.45, 2.75) is 51.5 Å². The Kier molecular flexibility index (Phi) is 4.76. The molecule has 0 aliphatic heterocycles. The minimum absolute atomic E-state index is 0.0521. The molecule has 1 atom stereocenters. The van der Waals surface area contributed by atoms with E-state index in [2.05, 4.69) is 20.6 Å². The molecule has 1 aromatic rings. The van der Waals surface area contributed by atoms with Crippen LogP contribution in [0.4, 0.5) is 11.6 Å². The molecule has 0 radical (unpaired) electrons. The first kappa shape index (κ1) is 14.6. The fraction of sp³-hybridized carbons (Fsp3) is 0.643. The molecule has 20 heavy (non-hydrogen) atoms. The maximum Gasteiger partial charge on any atom is 0.221 e. The quantitative estimate of drug-likeness (QED) is 0.704. The molecule has 6 nitrogen and oxygen atoms in total. The van der Waals surface area contributed by atoms with Crippen molar-refractivity contribution in [1.82, 2.24) is 15.3 Å². The Morgan fingerprint density at radius 3 is 2.90 bits per heavy atom. The van der Waals surface area contributed by atoms with Gasteiger partial charge in [-0.15, -0.1) is 0 Å². The predicted octanol–water partition coefficient (Wildman–Crippen LogP) is 1.65. The van der Waals surface area contributed by atoms with Crippen LogP contribution in [-0.4, -0.2) is 28.5 Å². The van der Waals surface area contributed by atoms with E-state index in [-0.39, 0.29) is 11.9 Å². The number of nitrogens with zero attached hydrogens (tertiary/aromatic N) is 2. The van der Waals surface area contributed by atoms with Crippen molar-refractivity contribution in [3.8, 4) is 0 Å². The standard InChI is InChI=1S/C14H23N5O/c1-3-9(2)17-13(20)6-7-16-12-8-11(15)18-14(19-12)10-4-5-10/h8-10H,3-7H2,1-2H3,(H,17,20)(H3,15,16,18,19). The van der Waals surface area contributed by atoms with Gasteiger partial charge in [0.05, 0.1) is 0 Å². The van der Waals surface area contributed by atoms with Gasteiger partial charge in [-0.25, -0.2) is 9.97 Å². The molecule has 0 saturated heterocycles. The first-order chi connectivity index (χ1) is 9.58. The van der Waals surface area contributed by atoms with Gasteiger partial charge >= 0.3 is 0 Å². The number of nitrogens with two attached hydrogens (primary N) is 1. The van der Waals surface area contributed by atoms with E-state index in [1.165, 1.54) is 0 Å². The molecule has 1 heterocycles. The number of nitrogens with one attached hydrogen (secondary N) is 2. The molecule has 0 spiro atoms. The first-order valence-corrected chi connectivity index (χ1v) is 7.26. The Morgan fingerprint density at radius 2 is 2.25 bits per heavy atom. The highest BCUT2D eigenvalue weighted by Gasteiger charge is 2.27. The second kappa shape index (κ2) is 6.54. The van der Waals surface area contributed by atoms with Gasteiger partial charge in [-0.3, -0.25) is 4.79 Å². The molecule has 2 rings (SSSR count). The van der Waals surface area contributed by atoms with E-state index in [1.807, 2.05) is 13.8 Å². The summed E-state index contributed by atoms with van der Waals surface area (Å²) in [7, 11) is 0. The maximum atomic E-state index is 11.6. The van der Waals surface area contributed by atoms with Crippen LogP contribution in [0.3, 0.4) is 0 Å². The number of carbonyl (C=O) groups excluding carboxylic acids is 1. The number of anilines is 2. The Balaban J connectivity index is 1.80. The van der Waals surface area contributed by atoms with Gasteiger partial charge in [0, 0.05) is 31.0 Å². The van der Waals surface area contributed by atoms with E-state index in [1.54, 1.807) is 6.07 Å². The highest BCUT2D eigenvalue weighted by molar-refractivity contribution is 5.76. The van der Waals surface area contributed by atoms with Crippen LogP contribution in [0.5, 0.6) is 0 Å². The van der Waals surface area contributed by atoms with Crippen molar-refractivity contribution in [3.05, 3.63) is 11.9 Å². The molecule has 1 aromatic heterocycles. The smallest absolute Gasteiger partial charge is 0.221 e. The van der Waals surface area contributed by atoms with Crippen molar-refractivity contribution in [3.63, 3.8) is 0 Å². The lowest BCUT2D eigenvalue weighted by atomic mass is 10.2. The summed E-state index contributed by atoms with van der Waals surface area (Å²) in [5, 5.41) is 6.07. The largest absolute Gasteiger partial charge is 0.384 e. The Bertz CT molecular complexity index is 473. The van der Waals surface area contributed by atoms with Crippen LogP contribution in [0.2, 0.25) is 0 Å². The van der Waals surface area contributed by atoms with Crippen molar-refractivity contribution >= 4 is 17.5 Å². The number of hydrogen-bond acceptors (Lipinski definition) is 5. The highest BCUT2D eigenvalue weighted by atomic mass is 16.1. The van der Waals surface area contributed by atoms with Gasteiger partial charge in [0.15, 0.2) is 0 Å². The van der Waals surface area contributed by atoms with Gasteiger partial charge in [-0.2, -0.15) is 0 Å². The molecule has 1 aliphatic carbocycles. The van der Waals surface area contributed by atoms with Gasteiger partial charge in [0.2, 0.25) is 5.91 Å². The van der Waals surface area contributed by atoms with Gasteiger partial charge < -0.3 is 16.4 Å². The monoisotopic (exact) mass is 277 g/mol. The summed E-state index contributed by atoms with van der Waals surface area (Å²) in [4.78, 5) is 20.3. The van der Waals surface area contributed by atoms with Crippen LogP contribution in [0.15, 0.2) is 6.07 Å². The van der Waals surface area contributed by atoms with E-state index in [9.17, 15) is 4.79 Å². The summed E-state index contributed by atoms with van der Waals surface area (Å²) in [6.45, 7) is 4.59. The van der Waals surface area contributed by atoms with Crippen LogP contribution in [-0.2, 0) is 4.79 Å². The van der Waals surface area contributed by atoms with Gasteiger partial charge in [0.25, 0.3) is 0 Å². The van der Waals surface area contributed by atoms with Crippen LogP contribution < -0.4 is 16.4 Å². The number of rotatable bonds is 7. The van der Waals surface area contributed by atoms with Crippen LogP contribution in [0, 0.1) is 0 Å². The molecule has 1 unspecified atom stereocenters. The number of carbonyl (C=O) groups is 1. The molecule has 110 valence electrons. The zero-order valence-corrected chi connectivity index (χ0v) is 12.1. The zero-order valence-electron chi connectivity index (χ0n) is 12.1. The SMILES string of the molecule is CCC(C)NC(=O)CCNc1cc(N)nc(C2CC2)n1. The minimum Gasteiger partial charge on any atom is -0.384 e. The third kappa shape index (κ3) is 4.36. The normalized spacial score (nSPS) is 15.7. The third-order valence-corrected chi connectivity index (χ3v) is 3.38. The molecule has 6 heteroatoms. The van der Waals surface area contributed by atoms with Crippen molar-refractivity contribution in [2.24, 2.45) is 0 Å². The highest BCUT2D eigenvalue weighted by Crippen LogP contribution is 2.38. The molecule has 1 aliphatic rings. The molecule has 4 N–H and O–H groups in total. The summed E-state index contributed by atoms with van der Waals surface area (Å²) in [5.41, 5.74) is 5.77. The van der Waals surface area contributed by atoms with Crippen molar-refractivity contribution < 1.29 is 4.79 Å². The topological polar surface area (TPSA) is 92.9 Å². The summed E-state index contributed by atoms with van der Waals surface area (Å²) in [6.07, 6.45) is 3.64.